The number of hydrogen-bond acceptors (Lipinski definition) is 2. The molecule has 1 N–H and O–H groups in total. The Hall–Kier alpha value is -0.150. The molecule has 2 nitrogen and oxygen atoms in total. The molecule has 0 saturated carbocycles. The van der Waals surface area contributed by atoms with Crippen molar-refractivity contribution in [2.45, 2.75) is 39.2 Å². The van der Waals surface area contributed by atoms with Crippen LogP contribution in [0.4, 0.5) is 4.39 Å². The highest BCUT2D eigenvalue weighted by Crippen LogP contribution is 2.16. The zero-order valence-electron chi connectivity index (χ0n) is 10.4. The minimum atomic E-state index is -0.209. The van der Waals surface area contributed by atoms with Crippen molar-refractivity contribution in [1.82, 2.24) is 10.2 Å². The molecule has 0 aromatic heterocycles. The van der Waals surface area contributed by atoms with Crippen LogP contribution in [0, 0.1) is 5.92 Å². The third-order valence-electron chi connectivity index (χ3n) is 2.92. The van der Waals surface area contributed by atoms with Gasteiger partial charge < -0.3 is 10.2 Å². The van der Waals surface area contributed by atoms with Crippen LogP contribution in [0.1, 0.15) is 33.6 Å². The van der Waals surface area contributed by atoms with E-state index >= 15 is 0 Å². The number of rotatable bonds is 4. The van der Waals surface area contributed by atoms with E-state index in [-0.39, 0.29) is 12.2 Å². The number of halogens is 1. The Balaban J connectivity index is 2.24. The first kappa shape index (κ1) is 12.9. The van der Waals surface area contributed by atoms with Crippen molar-refractivity contribution in [2.75, 3.05) is 32.9 Å². The number of piperidine rings is 1. The smallest absolute Gasteiger partial charge is 0.102 e. The average Bonchev–Trinajstić information content (AvgIpc) is 2.15. The lowest BCUT2D eigenvalue weighted by atomic mass is 9.96. The van der Waals surface area contributed by atoms with Gasteiger partial charge in [0.15, 0.2) is 0 Å². The van der Waals surface area contributed by atoms with Gasteiger partial charge >= 0.3 is 0 Å². The fourth-order valence-electron chi connectivity index (χ4n) is 2.09. The zero-order chi connectivity index (χ0) is 11.3. The molecular formula is C12H25FN2. The number of alkyl halides is 1. The normalized spacial score (nSPS) is 24.4. The van der Waals surface area contributed by atoms with Gasteiger partial charge in [-0.25, -0.2) is 4.39 Å². The number of likely N-dealkylation sites (tertiary alicyclic amines) is 1. The molecule has 1 heterocycles. The van der Waals surface area contributed by atoms with Crippen LogP contribution in [-0.2, 0) is 0 Å². The van der Waals surface area contributed by atoms with E-state index in [0.717, 1.165) is 19.6 Å². The Morgan fingerprint density at radius 1 is 1.40 bits per heavy atom. The minimum Gasteiger partial charge on any atom is -0.312 e. The standard InChI is InChI=1S/C12H25FN2/c1-12(2,3)14-9-11-5-4-7-15(10-11)8-6-13/h11,14H,4-10H2,1-3H3. The van der Waals surface area contributed by atoms with Crippen molar-refractivity contribution in [3.05, 3.63) is 0 Å². The summed E-state index contributed by atoms with van der Waals surface area (Å²) in [4.78, 5) is 2.25. The van der Waals surface area contributed by atoms with Gasteiger partial charge in [0.05, 0.1) is 0 Å². The molecule has 0 aromatic carbocycles. The first-order chi connectivity index (χ1) is 7.01. The van der Waals surface area contributed by atoms with E-state index < -0.39 is 0 Å². The number of nitrogens with one attached hydrogen (secondary N) is 1. The summed E-state index contributed by atoms with van der Waals surface area (Å²) in [6, 6.07) is 0. The maximum Gasteiger partial charge on any atom is 0.102 e. The number of nitrogens with zero attached hydrogens (tertiary/aromatic N) is 1. The van der Waals surface area contributed by atoms with Gasteiger partial charge in [-0.15, -0.1) is 0 Å². The third-order valence-corrected chi connectivity index (χ3v) is 2.92. The molecule has 1 aliphatic rings. The van der Waals surface area contributed by atoms with Crippen molar-refractivity contribution in [3.8, 4) is 0 Å². The van der Waals surface area contributed by atoms with Crippen LogP contribution >= 0.6 is 0 Å². The fourth-order valence-corrected chi connectivity index (χ4v) is 2.09. The predicted octanol–water partition coefficient (Wildman–Crippen LogP) is 2.06. The molecule has 1 unspecified atom stereocenters. The van der Waals surface area contributed by atoms with Crippen molar-refractivity contribution in [2.24, 2.45) is 5.92 Å². The lowest BCUT2D eigenvalue weighted by molar-refractivity contribution is 0.156. The quantitative estimate of drug-likeness (QED) is 0.774. The molecule has 1 fully saturated rings. The maximum atomic E-state index is 12.2. The average molecular weight is 216 g/mol. The zero-order valence-corrected chi connectivity index (χ0v) is 10.4. The van der Waals surface area contributed by atoms with Crippen LogP contribution < -0.4 is 5.32 Å². The molecule has 0 aliphatic carbocycles. The van der Waals surface area contributed by atoms with Crippen LogP contribution in [0.5, 0.6) is 0 Å². The van der Waals surface area contributed by atoms with Gasteiger partial charge in [-0.2, -0.15) is 0 Å². The second kappa shape index (κ2) is 5.80. The Bertz CT molecular complexity index is 175. The maximum absolute atomic E-state index is 12.2. The summed E-state index contributed by atoms with van der Waals surface area (Å²) >= 11 is 0. The molecule has 0 amide bonds. The second-order valence-electron chi connectivity index (χ2n) is 5.63. The monoisotopic (exact) mass is 216 g/mol. The second-order valence-corrected chi connectivity index (χ2v) is 5.63. The lowest BCUT2D eigenvalue weighted by Crippen LogP contribution is -2.45. The first-order valence-corrected chi connectivity index (χ1v) is 6.04. The van der Waals surface area contributed by atoms with Gasteiger partial charge in [-0.3, -0.25) is 0 Å². The molecule has 1 saturated heterocycles. The predicted molar refractivity (Wildman–Crippen MR) is 62.9 cm³/mol. The fraction of sp³-hybridized carbons (Fsp3) is 1.00. The molecule has 90 valence electrons. The molecule has 1 atom stereocenters. The van der Waals surface area contributed by atoms with Crippen molar-refractivity contribution < 1.29 is 4.39 Å². The van der Waals surface area contributed by atoms with Gasteiger partial charge in [0.1, 0.15) is 6.67 Å². The SMILES string of the molecule is CC(C)(C)NCC1CCCN(CCF)C1. The summed E-state index contributed by atoms with van der Waals surface area (Å²) in [6.07, 6.45) is 2.50. The Morgan fingerprint density at radius 2 is 2.13 bits per heavy atom. The topological polar surface area (TPSA) is 15.3 Å². The van der Waals surface area contributed by atoms with Crippen LogP contribution in [0.15, 0.2) is 0 Å². The summed E-state index contributed by atoms with van der Waals surface area (Å²) in [5, 5.41) is 3.53. The van der Waals surface area contributed by atoms with Crippen molar-refractivity contribution >= 4 is 0 Å². The van der Waals surface area contributed by atoms with Crippen LogP contribution in [0.25, 0.3) is 0 Å². The summed E-state index contributed by atoms with van der Waals surface area (Å²) in [5.41, 5.74) is 0.197. The molecule has 0 bridgehead atoms. The van der Waals surface area contributed by atoms with E-state index in [9.17, 15) is 4.39 Å². The van der Waals surface area contributed by atoms with Crippen LogP contribution in [-0.4, -0.2) is 43.3 Å². The Labute approximate surface area is 93.2 Å². The highest BCUT2D eigenvalue weighted by molar-refractivity contribution is 4.78. The van der Waals surface area contributed by atoms with Crippen molar-refractivity contribution in [1.29, 1.82) is 0 Å². The molecule has 1 rings (SSSR count). The Morgan fingerprint density at radius 3 is 2.73 bits per heavy atom. The summed E-state index contributed by atoms with van der Waals surface area (Å²) in [6.45, 7) is 10.2. The van der Waals surface area contributed by atoms with E-state index in [1.54, 1.807) is 0 Å². The van der Waals surface area contributed by atoms with Gasteiger partial charge in [-0.1, -0.05) is 0 Å². The Kier molecular flexibility index (Phi) is 5.00. The summed E-state index contributed by atoms with van der Waals surface area (Å²) in [5.74, 6) is 0.699. The minimum absolute atomic E-state index is 0.197. The largest absolute Gasteiger partial charge is 0.312 e. The van der Waals surface area contributed by atoms with Gasteiger partial charge in [-0.05, 0) is 52.6 Å². The number of hydrogen-bond donors (Lipinski definition) is 1. The van der Waals surface area contributed by atoms with Gasteiger partial charge in [0.2, 0.25) is 0 Å². The van der Waals surface area contributed by atoms with E-state index in [1.165, 1.54) is 12.8 Å². The van der Waals surface area contributed by atoms with Gasteiger partial charge in [0, 0.05) is 18.6 Å². The molecule has 0 aromatic rings. The van der Waals surface area contributed by atoms with E-state index in [4.69, 9.17) is 0 Å². The lowest BCUT2D eigenvalue weighted by Gasteiger charge is -2.34. The molecule has 15 heavy (non-hydrogen) atoms. The highest BCUT2D eigenvalue weighted by atomic mass is 19.1. The van der Waals surface area contributed by atoms with Crippen LogP contribution in [0.2, 0.25) is 0 Å². The van der Waals surface area contributed by atoms with E-state index in [2.05, 4.69) is 31.0 Å². The highest BCUT2D eigenvalue weighted by Gasteiger charge is 2.20. The third kappa shape index (κ3) is 5.47. The first-order valence-electron chi connectivity index (χ1n) is 6.04. The van der Waals surface area contributed by atoms with E-state index in [0.29, 0.717) is 12.5 Å². The molecule has 0 spiro atoms. The van der Waals surface area contributed by atoms with Crippen LogP contribution in [0.3, 0.4) is 0 Å². The van der Waals surface area contributed by atoms with Crippen molar-refractivity contribution in [3.63, 3.8) is 0 Å². The summed E-state index contributed by atoms with van der Waals surface area (Å²) in [7, 11) is 0. The molecule has 0 radical (unpaired) electrons. The molecular weight excluding hydrogens is 191 g/mol. The molecule has 3 heteroatoms. The molecule has 1 aliphatic heterocycles. The summed E-state index contributed by atoms with van der Waals surface area (Å²) < 4.78 is 12.2. The van der Waals surface area contributed by atoms with E-state index in [1.807, 2.05) is 0 Å². The van der Waals surface area contributed by atoms with Gasteiger partial charge in [0.25, 0.3) is 0 Å².